The predicted octanol–water partition coefficient (Wildman–Crippen LogP) is 0.845. The summed E-state index contributed by atoms with van der Waals surface area (Å²) in [5.41, 5.74) is 6.13. The normalized spacial score (nSPS) is 11.4. The number of amides is 1. The van der Waals surface area contributed by atoms with Crippen LogP contribution < -0.4 is 10.5 Å². The summed E-state index contributed by atoms with van der Waals surface area (Å²) in [7, 11) is -3.71. The topological polar surface area (TPSA) is 120 Å². The minimum absolute atomic E-state index is 0.0545. The van der Waals surface area contributed by atoms with Gasteiger partial charge in [0.2, 0.25) is 15.9 Å². The van der Waals surface area contributed by atoms with Gasteiger partial charge in [-0.05, 0) is 48.0 Å². The molecule has 0 unspecified atom stereocenters. The quantitative estimate of drug-likeness (QED) is 0.677. The second kappa shape index (κ2) is 6.83. The van der Waals surface area contributed by atoms with Crippen LogP contribution in [-0.4, -0.2) is 29.1 Å². The molecule has 3 N–H and O–H groups in total. The average Bonchev–Trinajstić information content (AvgIpc) is 3.15. The van der Waals surface area contributed by atoms with Gasteiger partial charge < -0.3 is 5.73 Å². The van der Waals surface area contributed by atoms with Gasteiger partial charge in [0.15, 0.2) is 5.82 Å². The van der Waals surface area contributed by atoms with Crippen LogP contribution in [0.15, 0.2) is 66.0 Å². The number of nitrogens with one attached hydrogen (secondary N) is 1. The fraction of sp³-hybridized carbons (Fsp3) is 0.0625. The van der Waals surface area contributed by atoms with Crippen molar-refractivity contribution in [2.24, 2.45) is 5.73 Å². The van der Waals surface area contributed by atoms with E-state index in [0.717, 1.165) is 5.56 Å². The lowest BCUT2D eigenvalue weighted by atomic mass is 10.2. The zero-order valence-electron chi connectivity index (χ0n) is 13.0. The van der Waals surface area contributed by atoms with Crippen LogP contribution in [0.4, 0.5) is 0 Å². The van der Waals surface area contributed by atoms with Gasteiger partial charge >= 0.3 is 0 Å². The number of aromatic nitrogens is 3. The Labute approximate surface area is 144 Å². The highest BCUT2D eigenvalue weighted by atomic mass is 32.2. The summed E-state index contributed by atoms with van der Waals surface area (Å²) in [5, 5.41) is 4.08. The predicted molar refractivity (Wildman–Crippen MR) is 90.3 cm³/mol. The van der Waals surface area contributed by atoms with E-state index in [4.69, 9.17) is 5.73 Å². The maximum atomic E-state index is 12.3. The highest BCUT2D eigenvalue weighted by molar-refractivity contribution is 7.89. The molecule has 1 amide bonds. The first-order valence-corrected chi connectivity index (χ1v) is 8.78. The van der Waals surface area contributed by atoms with Crippen LogP contribution in [0.2, 0.25) is 0 Å². The SMILES string of the molecule is NC(=O)c1ccc(S(=O)(=O)NCc2ccnc(-n3cccn3)c2)cc1. The first kappa shape index (κ1) is 16.8. The summed E-state index contributed by atoms with van der Waals surface area (Å²) >= 11 is 0. The molecule has 3 aromatic rings. The van der Waals surface area contributed by atoms with E-state index in [9.17, 15) is 13.2 Å². The summed E-state index contributed by atoms with van der Waals surface area (Å²) in [6.45, 7) is 0.0939. The Morgan fingerprint density at radius 1 is 1.16 bits per heavy atom. The number of nitrogens with two attached hydrogens (primary N) is 1. The maximum absolute atomic E-state index is 12.3. The number of rotatable bonds is 6. The number of sulfonamides is 1. The highest BCUT2D eigenvalue weighted by Crippen LogP contribution is 2.12. The van der Waals surface area contributed by atoms with Crippen LogP contribution in [0.5, 0.6) is 0 Å². The van der Waals surface area contributed by atoms with Crippen molar-refractivity contribution in [3.05, 3.63) is 72.2 Å². The van der Waals surface area contributed by atoms with Crippen molar-refractivity contribution in [2.45, 2.75) is 11.4 Å². The van der Waals surface area contributed by atoms with Crippen LogP contribution in [0.1, 0.15) is 15.9 Å². The second-order valence-corrected chi connectivity index (χ2v) is 6.95. The van der Waals surface area contributed by atoms with E-state index in [1.165, 1.54) is 24.3 Å². The van der Waals surface area contributed by atoms with Crippen molar-refractivity contribution in [3.8, 4) is 5.82 Å². The van der Waals surface area contributed by atoms with Crippen LogP contribution in [0, 0.1) is 0 Å². The number of hydrogen-bond donors (Lipinski definition) is 2. The number of nitrogens with zero attached hydrogens (tertiary/aromatic N) is 3. The van der Waals surface area contributed by atoms with Gasteiger partial charge in [0, 0.05) is 30.7 Å². The lowest BCUT2D eigenvalue weighted by Gasteiger charge is -2.08. The van der Waals surface area contributed by atoms with Gasteiger partial charge in [-0.1, -0.05) is 0 Å². The Hall–Kier alpha value is -3.04. The molecule has 0 aliphatic carbocycles. The molecule has 128 valence electrons. The van der Waals surface area contributed by atoms with Gasteiger partial charge in [0.05, 0.1) is 4.90 Å². The summed E-state index contributed by atoms with van der Waals surface area (Å²) in [5.74, 6) is -0.0210. The van der Waals surface area contributed by atoms with Crippen LogP contribution in [-0.2, 0) is 16.6 Å². The van der Waals surface area contributed by atoms with E-state index >= 15 is 0 Å². The highest BCUT2D eigenvalue weighted by Gasteiger charge is 2.14. The molecule has 3 rings (SSSR count). The van der Waals surface area contributed by atoms with Crippen molar-refractivity contribution in [2.75, 3.05) is 0 Å². The molecule has 0 bridgehead atoms. The summed E-state index contributed by atoms with van der Waals surface area (Å²) < 4.78 is 28.8. The van der Waals surface area contributed by atoms with E-state index in [1.54, 1.807) is 41.5 Å². The second-order valence-electron chi connectivity index (χ2n) is 5.19. The standard InChI is InChI=1S/C16H15N5O3S/c17-16(22)13-2-4-14(5-3-13)25(23,24)20-11-12-6-8-18-15(10-12)21-9-1-7-19-21/h1-10,20H,11H2,(H2,17,22). The van der Waals surface area contributed by atoms with Crippen LogP contribution in [0.3, 0.4) is 0 Å². The van der Waals surface area contributed by atoms with Gasteiger partial charge in [-0.15, -0.1) is 0 Å². The van der Waals surface area contributed by atoms with E-state index in [-0.39, 0.29) is 17.0 Å². The molecule has 0 saturated carbocycles. The van der Waals surface area contributed by atoms with Crippen molar-refractivity contribution in [1.82, 2.24) is 19.5 Å². The van der Waals surface area contributed by atoms with E-state index in [0.29, 0.717) is 5.82 Å². The van der Waals surface area contributed by atoms with Crippen molar-refractivity contribution < 1.29 is 13.2 Å². The molecule has 0 radical (unpaired) electrons. The molecule has 0 fully saturated rings. The van der Waals surface area contributed by atoms with Gasteiger partial charge in [-0.3, -0.25) is 4.79 Å². The zero-order chi connectivity index (χ0) is 17.9. The first-order chi connectivity index (χ1) is 12.0. The lowest BCUT2D eigenvalue weighted by Crippen LogP contribution is -2.23. The number of hydrogen-bond acceptors (Lipinski definition) is 5. The molecule has 2 aromatic heterocycles. The Kier molecular flexibility index (Phi) is 4.59. The number of carbonyl (C=O) groups is 1. The van der Waals surface area contributed by atoms with Crippen LogP contribution >= 0.6 is 0 Å². The summed E-state index contributed by atoms with van der Waals surface area (Å²) in [4.78, 5) is 15.3. The van der Waals surface area contributed by atoms with E-state index < -0.39 is 15.9 Å². The molecule has 8 nitrogen and oxygen atoms in total. The number of primary amides is 1. The molecule has 1 aromatic carbocycles. The number of benzene rings is 1. The molecular weight excluding hydrogens is 342 g/mol. The summed E-state index contributed by atoms with van der Waals surface area (Å²) in [6, 6.07) is 10.6. The number of pyridine rings is 1. The Bertz CT molecular complexity index is 983. The van der Waals surface area contributed by atoms with E-state index in [2.05, 4.69) is 14.8 Å². The van der Waals surface area contributed by atoms with Gasteiger partial charge in [-0.25, -0.2) is 22.8 Å². The van der Waals surface area contributed by atoms with Crippen molar-refractivity contribution >= 4 is 15.9 Å². The molecule has 0 saturated heterocycles. The van der Waals surface area contributed by atoms with Crippen molar-refractivity contribution in [3.63, 3.8) is 0 Å². The molecule has 0 aliphatic heterocycles. The Morgan fingerprint density at radius 3 is 2.56 bits per heavy atom. The van der Waals surface area contributed by atoms with Gasteiger partial charge in [0.1, 0.15) is 0 Å². The van der Waals surface area contributed by atoms with E-state index in [1.807, 2.05) is 0 Å². The molecule has 0 atom stereocenters. The molecule has 25 heavy (non-hydrogen) atoms. The molecule has 2 heterocycles. The Morgan fingerprint density at radius 2 is 1.92 bits per heavy atom. The third kappa shape index (κ3) is 3.90. The Balaban J connectivity index is 1.74. The fourth-order valence-electron chi connectivity index (χ4n) is 2.16. The zero-order valence-corrected chi connectivity index (χ0v) is 13.8. The summed E-state index contributed by atoms with van der Waals surface area (Å²) in [6.07, 6.45) is 4.96. The van der Waals surface area contributed by atoms with Gasteiger partial charge in [0.25, 0.3) is 0 Å². The minimum Gasteiger partial charge on any atom is -0.366 e. The molecule has 0 aliphatic rings. The largest absolute Gasteiger partial charge is 0.366 e. The molecular formula is C16H15N5O3S. The molecule has 0 spiro atoms. The van der Waals surface area contributed by atoms with Crippen LogP contribution in [0.25, 0.3) is 5.82 Å². The minimum atomic E-state index is -3.71. The monoisotopic (exact) mass is 357 g/mol. The first-order valence-electron chi connectivity index (χ1n) is 7.30. The lowest BCUT2D eigenvalue weighted by molar-refractivity contribution is 0.1000. The maximum Gasteiger partial charge on any atom is 0.248 e. The smallest absolute Gasteiger partial charge is 0.248 e. The fourth-order valence-corrected chi connectivity index (χ4v) is 3.18. The van der Waals surface area contributed by atoms with Crippen molar-refractivity contribution in [1.29, 1.82) is 0 Å². The third-order valence-corrected chi connectivity index (χ3v) is 4.88. The average molecular weight is 357 g/mol. The third-order valence-electron chi connectivity index (χ3n) is 3.46. The molecule has 9 heteroatoms. The number of carbonyl (C=O) groups excluding carboxylic acids is 1. The van der Waals surface area contributed by atoms with Gasteiger partial charge in [-0.2, -0.15) is 5.10 Å².